The highest BCUT2D eigenvalue weighted by atomic mass is 16.7. The first-order chi connectivity index (χ1) is 13.2. The van der Waals surface area contributed by atoms with Crippen molar-refractivity contribution in [1.29, 1.82) is 0 Å². The number of rotatable bonds is 7. The number of ether oxygens (including phenoxy) is 2. The Morgan fingerprint density at radius 2 is 2.04 bits per heavy atom. The number of nitrogens with zero attached hydrogens (tertiary/aromatic N) is 3. The monoisotopic (exact) mass is 365 g/mol. The largest absolute Gasteiger partial charge is 0.454 e. The molecule has 6 nitrogen and oxygen atoms in total. The zero-order valence-electron chi connectivity index (χ0n) is 15.6. The standard InChI is InChI=1S/C21H23N3O3/c1-15(8-16-5-6-20-21(9-16)26-14-25-20)12-24(2)13-18-10-19(23-27-18)17-4-3-7-22-11-17/h3-7,9-11,15H,8,12-14H2,1-2H3. The summed E-state index contributed by atoms with van der Waals surface area (Å²) in [5.74, 6) is 3.03. The van der Waals surface area contributed by atoms with Crippen LogP contribution in [0.4, 0.5) is 0 Å². The van der Waals surface area contributed by atoms with Crippen LogP contribution in [-0.2, 0) is 13.0 Å². The van der Waals surface area contributed by atoms with E-state index in [1.807, 2.05) is 24.3 Å². The molecule has 140 valence electrons. The summed E-state index contributed by atoms with van der Waals surface area (Å²) in [4.78, 5) is 6.38. The third-order valence-electron chi connectivity index (χ3n) is 4.59. The molecule has 1 aliphatic rings. The van der Waals surface area contributed by atoms with Crippen LogP contribution >= 0.6 is 0 Å². The summed E-state index contributed by atoms with van der Waals surface area (Å²) in [6, 6.07) is 12.0. The fraction of sp³-hybridized carbons (Fsp3) is 0.333. The van der Waals surface area contributed by atoms with E-state index in [-0.39, 0.29) is 0 Å². The topological polar surface area (TPSA) is 60.6 Å². The molecule has 0 saturated carbocycles. The number of benzene rings is 1. The van der Waals surface area contributed by atoms with Gasteiger partial charge in [-0.2, -0.15) is 0 Å². The maximum atomic E-state index is 5.49. The molecule has 1 atom stereocenters. The first kappa shape index (κ1) is 17.5. The van der Waals surface area contributed by atoms with Crippen LogP contribution < -0.4 is 9.47 Å². The fourth-order valence-corrected chi connectivity index (χ4v) is 3.44. The lowest BCUT2D eigenvalue weighted by Crippen LogP contribution is -2.24. The summed E-state index contributed by atoms with van der Waals surface area (Å²) < 4.78 is 16.3. The van der Waals surface area contributed by atoms with Crippen molar-refractivity contribution >= 4 is 0 Å². The van der Waals surface area contributed by atoms with Crippen LogP contribution in [0, 0.1) is 5.92 Å². The molecule has 0 radical (unpaired) electrons. The van der Waals surface area contributed by atoms with Crippen molar-refractivity contribution in [2.24, 2.45) is 5.92 Å². The van der Waals surface area contributed by atoms with Crippen LogP contribution in [0.3, 0.4) is 0 Å². The number of aromatic nitrogens is 2. The molecule has 6 heteroatoms. The third-order valence-corrected chi connectivity index (χ3v) is 4.59. The first-order valence-electron chi connectivity index (χ1n) is 9.10. The van der Waals surface area contributed by atoms with E-state index >= 15 is 0 Å². The second-order valence-electron chi connectivity index (χ2n) is 7.11. The average molecular weight is 365 g/mol. The van der Waals surface area contributed by atoms with Gasteiger partial charge in [-0.1, -0.05) is 18.1 Å². The van der Waals surface area contributed by atoms with Crippen molar-refractivity contribution in [3.05, 3.63) is 60.1 Å². The molecule has 0 fully saturated rings. The van der Waals surface area contributed by atoms with Crippen molar-refractivity contribution in [3.63, 3.8) is 0 Å². The van der Waals surface area contributed by atoms with Crippen molar-refractivity contribution in [1.82, 2.24) is 15.0 Å². The molecule has 0 spiro atoms. The van der Waals surface area contributed by atoms with Gasteiger partial charge in [-0.05, 0) is 49.2 Å². The lowest BCUT2D eigenvalue weighted by atomic mass is 10.0. The van der Waals surface area contributed by atoms with Crippen LogP contribution in [0.15, 0.2) is 53.3 Å². The van der Waals surface area contributed by atoms with Gasteiger partial charge in [-0.3, -0.25) is 9.88 Å². The molecule has 3 aromatic rings. The van der Waals surface area contributed by atoms with E-state index < -0.39 is 0 Å². The Morgan fingerprint density at radius 1 is 1.15 bits per heavy atom. The van der Waals surface area contributed by atoms with Gasteiger partial charge < -0.3 is 14.0 Å². The van der Waals surface area contributed by atoms with E-state index in [0.717, 1.165) is 48.0 Å². The number of pyridine rings is 1. The Labute approximate surface area is 158 Å². The molecule has 27 heavy (non-hydrogen) atoms. The fourth-order valence-electron chi connectivity index (χ4n) is 3.44. The Morgan fingerprint density at radius 3 is 2.89 bits per heavy atom. The normalized spacial score (nSPS) is 13.9. The molecule has 1 aliphatic heterocycles. The SMILES string of the molecule is CC(Cc1ccc2c(c1)OCO2)CN(C)Cc1cc(-c2cccnc2)no1. The molecule has 4 rings (SSSR count). The maximum absolute atomic E-state index is 5.49. The van der Waals surface area contributed by atoms with Crippen LogP contribution in [0.1, 0.15) is 18.2 Å². The molecule has 3 heterocycles. The minimum Gasteiger partial charge on any atom is -0.454 e. The Hall–Kier alpha value is -2.86. The summed E-state index contributed by atoms with van der Waals surface area (Å²) in [5, 5.41) is 4.15. The van der Waals surface area contributed by atoms with Crippen molar-refractivity contribution < 1.29 is 14.0 Å². The zero-order chi connectivity index (χ0) is 18.6. The molecule has 2 aromatic heterocycles. The van der Waals surface area contributed by atoms with Gasteiger partial charge in [0, 0.05) is 30.6 Å². The quantitative estimate of drug-likeness (QED) is 0.635. The second-order valence-corrected chi connectivity index (χ2v) is 7.11. The van der Waals surface area contributed by atoms with E-state index in [1.165, 1.54) is 5.56 Å². The van der Waals surface area contributed by atoms with Gasteiger partial charge in [0.25, 0.3) is 0 Å². The minimum atomic E-state index is 0.315. The van der Waals surface area contributed by atoms with Gasteiger partial charge in [0.1, 0.15) is 5.69 Å². The molecule has 0 saturated heterocycles. The van der Waals surface area contributed by atoms with Crippen LogP contribution in [-0.4, -0.2) is 35.4 Å². The minimum absolute atomic E-state index is 0.315. The molecule has 1 unspecified atom stereocenters. The molecule has 1 aromatic carbocycles. The van der Waals surface area contributed by atoms with Crippen LogP contribution in [0.25, 0.3) is 11.3 Å². The smallest absolute Gasteiger partial charge is 0.231 e. The highest BCUT2D eigenvalue weighted by Crippen LogP contribution is 2.33. The third kappa shape index (κ3) is 4.28. The van der Waals surface area contributed by atoms with Gasteiger partial charge in [0.05, 0.1) is 6.54 Å². The van der Waals surface area contributed by atoms with Gasteiger partial charge in [-0.25, -0.2) is 0 Å². The zero-order valence-corrected chi connectivity index (χ0v) is 15.6. The highest BCUT2D eigenvalue weighted by Gasteiger charge is 2.16. The molecular formula is C21H23N3O3. The van der Waals surface area contributed by atoms with Crippen molar-refractivity contribution in [2.75, 3.05) is 20.4 Å². The van der Waals surface area contributed by atoms with Gasteiger partial charge in [0.15, 0.2) is 17.3 Å². The Kier molecular flexibility index (Phi) is 5.07. The average Bonchev–Trinajstić information content (AvgIpc) is 3.31. The maximum Gasteiger partial charge on any atom is 0.231 e. The second kappa shape index (κ2) is 7.80. The molecular weight excluding hydrogens is 342 g/mol. The Balaban J connectivity index is 1.31. The molecule has 0 bridgehead atoms. The van der Waals surface area contributed by atoms with E-state index in [1.54, 1.807) is 12.4 Å². The number of fused-ring (bicyclic) bond motifs is 1. The predicted octanol–water partition coefficient (Wildman–Crippen LogP) is 3.78. The molecule has 0 N–H and O–H groups in total. The van der Waals surface area contributed by atoms with E-state index in [4.69, 9.17) is 14.0 Å². The summed E-state index contributed by atoms with van der Waals surface area (Å²) in [7, 11) is 2.10. The van der Waals surface area contributed by atoms with Gasteiger partial charge in [-0.15, -0.1) is 0 Å². The summed E-state index contributed by atoms with van der Waals surface area (Å²) in [6.07, 6.45) is 4.52. The molecule has 0 amide bonds. The lowest BCUT2D eigenvalue weighted by Gasteiger charge is -2.20. The lowest BCUT2D eigenvalue weighted by molar-refractivity contribution is 0.174. The summed E-state index contributed by atoms with van der Waals surface area (Å²) in [5.41, 5.74) is 3.05. The van der Waals surface area contributed by atoms with E-state index in [0.29, 0.717) is 12.7 Å². The van der Waals surface area contributed by atoms with Crippen LogP contribution in [0.2, 0.25) is 0 Å². The number of hydrogen-bond acceptors (Lipinski definition) is 6. The summed E-state index contributed by atoms with van der Waals surface area (Å²) >= 11 is 0. The van der Waals surface area contributed by atoms with Gasteiger partial charge in [0.2, 0.25) is 6.79 Å². The van der Waals surface area contributed by atoms with E-state index in [2.05, 4.69) is 41.1 Å². The van der Waals surface area contributed by atoms with Gasteiger partial charge >= 0.3 is 0 Å². The summed E-state index contributed by atoms with van der Waals surface area (Å²) in [6.45, 7) is 4.24. The highest BCUT2D eigenvalue weighted by molar-refractivity contribution is 5.57. The first-order valence-corrected chi connectivity index (χ1v) is 9.10. The van der Waals surface area contributed by atoms with Crippen molar-refractivity contribution in [2.45, 2.75) is 19.9 Å². The number of hydrogen-bond donors (Lipinski definition) is 0. The van der Waals surface area contributed by atoms with Crippen LogP contribution in [0.5, 0.6) is 11.5 Å². The van der Waals surface area contributed by atoms with Crippen molar-refractivity contribution in [3.8, 4) is 22.8 Å². The predicted molar refractivity (Wildman–Crippen MR) is 102 cm³/mol. The molecule has 0 aliphatic carbocycles. The van der Waals surface area contributed by atoms with E-state index in [9.17, 15) is 0 Å². The Bertz CT molecular complexity index is 895.